The van der Waals surface area contributed by atoms with Gasteiger partial charge < -0.3 is 15.4 Å². The average molecular weight is 340 g/mol. The van der Waals surface area contributed by atoms with Crippen LogP contribution in [0.15, 0.2) is 0 Å². The largest absolute Gasteiger partial charge is 0.381 e. The fourth-order valence-corrected chi connectivity index (χ4v) is 3.86. The first-order chi connectivity index (χ1) is 11.8. The summed E-state index contributed by atoms with van der Waals surface area (Å²) in [6, 6.07) is 1.05. The van der Waals surface area contributed by atoms with Gasteiger partial charge in [0.05, 0.1) is 0 Å². The van der Waals surface area contributed by atoms with Gasteiger partial charge in [-0.05, 0) is 45.1 Å². The number of hydrogen-bond donors (Lipinski definition) is 2. The summed E-state index contributed by atoms with van der Waals surface area (Å²) < 4.78 is 5.51. The molecule has 2 N–H and O–H groups in total. The molecular weight excluding hydrogens is 302 g/mol. The second-order valence-electron chi connectivity index (χ2n) is 7.35. The Kier molecular flexibility index (Phi) is 9.51. The van der Waals surface area contributed by atoms with E-state index in [9.17, 15) is 4.79 Å². The van der Waals surface area contributed by atoms with Gasteiger partial charge in [0.2, 0.25) is 0 Å². The molecule has 0 aromatic heterocycles. The van der Waals surface area contributed by atoms with E-state index < -0.39 is 0 Å². The van der Waals surface area contributed by atoms with E-state index in [2.05, 4.69) is 22.5 Å². The first-order valence-electron chi connectivity index (χ1n) is 10.2. The molecule has 5 heteroatoms. The highest BCUT2D eigenvalue weighted by Crippen LogP contribution is 2.25. The molecule has 5 nitrogen and oxygen atoms in total. The summed E-state index contributed by atoms with van der Waals surface area (Å²) in [7, 11) is 0. The van der Waals surface area contributed by atoms with Crippen LogP contribution >= 0.6 is 0 Å². The monoisotopic (exact) mass is 339 g/mol. The van der Waals surface area contributed by atoms with E-state index in [4.69, 9.17) is 4.74 Å². The summed E-state index contributed by atoms with van der Waals surface area (Å²) in [5.41, 5.74) is 0. The van der Waals surface area contributed by atoms with Crippen LogP contribution in [-0.4, -0.2) is 55.9 Å². The minimum atomic E-state index is -0.0148. The zero-order chi connectivity index (χ0) is 17.0. The molecule has 1 heterocycles. The highest BCUT2D eigenvalue weighted by molar-refractivity contribution is 5.74. The minimum absolute atomic E-state index is 0.0148. The molecule has 0 radical (unpaired) electrons. The average Bonchev–Trinajstić information content (AvgIpc) is 2.62. The topological polar surface area (TPSA) is 53.6 Å². The molecule has 1 saturated heterocycles. The SMILES string of the molecule is CCCCOCCCNC(=O)NC1CCCN(C2CCCCC2)C1. The molecule has 0 bridgehead atoms. The van der Waals surface area contributed by atoms with Crippen molar-refractivity contribution in [2.24, 2.45) is 0 Å². The summed E-state index contributed by atoms with van der Waals surface area (Å²) in [5, 5.41) is 6.13. The number of urea groups is 1. The van der Waals surface area contributed by atoms with E-state index in [1.165, 1.54) is 51.5 Å². The van der Waals surface area contributed by atoms with Gasteiger partial charge in [-0.3, -0.25) is 4.90 Å². The van der Waals surface area contributed by atoms with E-state index in [0.29, 0.717) is 12.6 Å². The second-order valence-corrected chi connectivity index (χ2v) is 7.35. The smallest absolute Gasteiger partial charge is 0.315 e. The minimum Gasteiger partial charge on any atom is -0.381 e. The van der Waals surface area contributed by atoms with Gasteiger partial charge in [0.1, 0.15) is 0 Å². The normalized spacial score (nSPS) is 23.1. The quantitative estimate of drug-likeness (QED) is 0.634. The van der Waals surface area contributed by atoms with Gasteiger partial charge in [0, 0.05) is 38.4 Å². The van der Waals surface area contributed by atoms with Crippen molar-refractivity contribution in [1.82, 2.24) is 15.5 Å². The lowest BCUT2D eigenvalue weighted by Crippen LogP contribution is -2.53. The first-order valence-corrected chi connectivity index (χ1v) is 10.2. The zero-order valence-electron chi connectivity index (χ0n) is 15.5. The van der Waals surface area contributed by atoms with Crippen molar-refractivity contribution in [1.29, 1.82) is 0 Å². The fraction of sp³-hybridized carbons (Fsp3) is 0.947. The Hall–Kier alpha value is -0.810. The number of piperidine rings is 1. The number of unbranched alkanes of at least 4 members (excludes halogenated alkanes) is 1. The maximum Gasteiger partial charge on any atom is 0.315 e. The fourth-order valence-electron chi connectivity index (χ4n) is 3.86. The van der Waals surface area contributed by atoms with Crippen LogP contribution in [0.2, 0.25) is 0 Å². The summed E-state index contributed by atoms with van der Waals surface area (Å²) in [4.78, 5) is 14.7. The van der Waals surface area contributed by atoms with Crippen LogP contribution in [0.25, 0.3) is 0 Å². The van der Waals surface area contributed by atoms with Crippen molar-refractivity contribution in [3.8, 4) is 0 Å². The van der Waals surface area contributed by atoms with Crippen LogP contribution in [0.4, 0.5) is 4.79 Å². The molecule has 24 heavy (non-hydrogen) atoms. The molecule has 1 aliphatic heterocycles. The number of likely N-dealkylation sites (tertiary alicyclic amines) is 1. The van der Waals surface area contributed by atoms with Crippen molar-refractivity contribution in [3.63, 3.8) is 0 Å². The van der Waals surface area contributed by atoms with Gasteiger partial charge in [-0.2, -0.15) is 0 Å². The summed E-state index contributed by atoms with van der Waals surface area (Å²) >= 11 is 0. The van der Waals surface area contributed by atoms with Crippen LogP contribution in [0, 0.1) is 0 Å². The number of hydrogen-bond acceptors (Lipinski definition) is 3. The van der Waals surface area contributed by atoms with E-state index in [0.717, 1.165) is 45.1 Å². The molecule has 1 atom stereocenters. The molecule has 2 amide bonds. The third-order valence-corrected chi connectivity index (χ3v) is 5.27. The lowest BCUT2D eigenvalue weighted by Gasteiger charge is -2.40. The van der Waals surface area contributed by atoms with Gasteiger partial charge in [-0.15, -0.1) is 0 Å². The molecule has 0 aromatic carbocycles. The highest BCUT2D eigenvalue weighted by Gasteiger charge is 2.27. The Balaban J connectivity index is 1.55. The number of carbonyl (C=O) groups is 1. The van der Waals surface area contributed by atoms with Crippen molar-refractivity contribution < 1.29 is 9.53 Å². The lowest BCUT2D eigenvalue weighted by molar-refractivity contribution is 0.111. The van der Waals surface area contributed by atoms with E-state index >= 15 is 0 Å². The highest BCUT2D eigenvalue weighted by atomic mass is 16.5. The van der Waals surface area contributed by atoms with Crippen LogP contribution in [0.3, 0.4) is 0 Å². The molecule has 2 rings (SSSR count). The number of rotatable bonds is 9. The molecule has 1 unspecified atom stereocenters. The third kappa shape index (κ3) is 7.39. The predicted molar refractivity (Wildman–Crippen MR) is 98.3 cm³/mol. The van der Waals surface area contributed by atoms with Crippen molar-refractivity contribution in [3.05, 3.63) is 0 Å². The Morgan fingerprint density at radius 2 is 1.88 bits per heavy atom. The van der Waals surface area contributed by atoms with Crippen LogP contribution in [-0.2, 0) is 4.74 Å². The van der Waals surface area contributed by atoms with Gasteiger partial charge in [0.25, 0.3) is 0 Å². The second kappa shape index (κ2) is 11.7. The van der Waals surface area contributed by atoms with E-state index in [-0.39, 0.29) is 6.03 Å². The molecule has 1 saturated carbocycles. The molecule has 0 spiro atoms. The van der Waals surface area contributed by atoms with Crippen molar-refractivity contribution in [2.75, 3.05) is 32.8 Å². The maximum absolute atomic E-state index is 12.0. The molecule has 1 aliphatic carbocycles. The Morgan fingerprint density at radius 1 is 1.08 bits per heavy atom. The maximum atomic E-state index is 12.0. The predicted octanol–water partition coefficient (Wildman–Crippen LogP) is 3.29. The van der Waals surface area contributed by atoms with Crippen molar-refractivity contribution >= 4 is 6.03 Å². The van der Waals surface area contributed by atoms with Gasteiger partial charge in [-0.1, -0.05) is 32.6 Å². The van der Waals surface area contributed by atoms with Gasteiger partial charge in [-0.25, -0.2) is 4.79 Å². The number of carbonyl (C=O) groups excluding carboxylic acids is 1. The molecule has 0 aromatic rings. The van der Waals surface area contributed by atoms with E-state index in [1.54, 1.807) is 0 Å². The molecular formula is C19H37N3O2. The molecule has 140 valence electrons. The van der Waals surface area contributed by atoms with Gasteiger partial charge >= 0.3 is 6.03 Å². The third-order valence-electron chi connectivity index (χ3n) is 5.27. The Morgan fingerprint density at radius 3 is 2.67 bits per heavy atom. The van der Waals surface area contributed by atoms with Crippen molar-refractivity contribution in [2.45, 2.75) is 83.2 Å². The van der Waals surface area contributed by atoms with Crippen LogP contribution in [0.1, 0.15) is 71.1 Å². The lowest BCUT2D eigenvalue weighted by atomic mass is 9.92. The Bertz CT molecular complexity index is 346. The van der Waals surface area contributed by atoms with Gasteiger partial charge in [0.15, 0.2) is 0 Å². The first kappa shape index (κ1) is 19.5. The zero-order valence-corrected chi connectivity index (χ0v) is 15.5. The standard InChI is InChI=1S/C19H37N3O2/c1-2-3-14-24-15-8-12-20-19(23)21-17-9-7-13-22(16-17)18-10-5-4-6-11-18/h17-18H,2-16H2,1H3,(H2,20,21,23). The summed E-state index contributed by atoms with van der Waals surface area (Å²) in [6.07, 6.45) is 12.3. The van der Waals surface area contributed by atoms with E-state index in [1.807, 2.05) is 0 Å². The van der Waals surface area contributed by atoms with Crippen LogP contribution in [0.5, 0.6) is 0 Å². The summed E-state index contributed by atoms with van der Waals surface area (Å²) in [5.74, 6) is 0. The molecule has 2 aliphatic rings. The number of nitrogens with zero attached hydrogens (tertiary/aromatic N) is 1. The number of ether oxygens (including phenoxy) is 1. The van der Waals surface area contributed by atoms with Crippen LogP contribution < -0.4 is 10.6 Å². The summed E-state index contributed by atoms with van der Waals surface area (Å²) in [6.45, 7) is 6.66. The number of nitrogens with one attached hydrogen (secondary N) is 2. The molecule has 2 fully saturated rings. The number of amides is 2. The Labute approximate surface area is 147 Å².